The lowest BCUT2D eigenvalue weighted by atomic mass is 10.1. The Balaban J connectivity index is 2.05. The van der Waals surface area contributed by atoms with Gasteiger partial charge in [-0.2, -0.15) is 0 Å². The minimum absolute atomic E-state index is 0.0998. The summed E-state index contributed by atoms with van der Waals surface area (Å²) in [6.07, 6.45) is 2.76. The summed E-state index contributed by atoms with van der Waals surface area (Å²) >= 11 is 0. The molecule has 1 saturated heterocycles. The number of nitrogens with zero attached hydrogens (tertiary/aromatic N) is 2. The third-order valence-electron chi connectivity index (χ3n) is 4.65. The molecule has 0 aromatic rings. The molecule has 0 bridgehead atoms. The molecule has 0 amide bonds. The van der Waals surface area contributed by atoms with Crippen molar-refractivity contribution in [2.75, 3.05) is 52.5 Å². The first-order valence-electron chi connectivity index (χ1n) is 10.1. The monoisotopic (exact) mass is 370 g/mol. The van der Waals surface area contributed by atoms with Gasteiger partial charge in [-0.1, -0.05) is 27.7 Å². The smallest absolute Gasteiger partial charge is 0.307 e. The topological polar surface area (TPSA) is 59.1 Å². The van der Waals surface area contributed by atoms with E-state index in [0.717, 1.165) is 52.1 Å². The summed E-state index contributed by atoms with van der Waals surface area (Å²) in [6, 6.07) is 0. The Hall–Kier alpha value is -1.14. The molecule has 0 aromatic carbocycles. The molecule has 0 radical (unpaired) electrons. The van der Waals surface area contributed by atoms with Crippen molar-refractivity contribution >= 4 is 11.9 Å². The van der Waals surface area contributed by atoms with Crippen molar-refractivity contribution in [1.29, 1.82) is 0 Å². The van der Waals surface area contributed by atoms with Crippen LogP contribution >= 0.6 is 0 Å². The minimum atomic E-state index is -0.0998. The first kappa shape index (κ1) is 22.9. The first-order chi connectivity index (χ1) is 12.4. The molecule has 26 heavy (non-hydrogen) atoms. The molecule has 1 aliphatic rings. The lowest BCUT2D eigenvalue weighted by Crippen LogP contribution is -2.47. The highest BCUT2D eigenvalue weighted by Crippen LogP contribution is 2.06. The van der Waals surface area contributed by atoms with Gasteiger partial charge in [-0.3, -0.25) is 9.59 Å². The number of hydrogen-bond donors (Lipinski definition) is 0. The van der Waals surface area contributed by atoms with E-state index in [9.17, 15) is 9.59 Å². The molecule has 0 aromatic heterocycles. The van der Waals surface area contributed by atoms with Gasteiger partial charge in [0.25, 0.3) is 0 Å². The Kier molecular flexibility index (Phi) is 11.5. The Morgan fingerprint density at radius 1 is 0.731 bits per heavy atom. The first-order valence-corrected chi connectivity index (χ1v) is 10.1. The van der Waals surface area contributed by atoms with Crippen LogP contribution in [0.5, 0.6) is 0 Å². The summed E-state index contributed by atoms with van der Waals surface area (Å²) in [5.74, 6) is 0.918. The van der Waals surface area contributed by atoms with Crippen LogP contribution in [0.1, 0.15) is 53.4 Å². The van der Waals surface area contributed by atoms with Crippen LogP contribution in [0.3, 0.4) is 0 Å². The normalized spacial score (nSPS) is 16.2. The van der Waals surface area contributed by atoms with Crippen LogP contribution in [0.4, 0.5) is 0 Å². The molecule has 6 nitrogen and oxygen atoms in total. The summed E-state index contributed by atoms with van der Waals surface area (Å²) in [4.78, 5) is 28.0. The average molecular weight is 371 g/mol. The lowest BCUT2D eigenvalue weighted by molar-refractivity contribution is -0.145. The van der Waals surface area contributed by atoms with Crippen LogP contribution in [0, 0.1) is 11.8 Å². The largest absolute Gasteiger partial charge is 0.466 e. The molecule has 1 heterocycles. The lowest BCUT2D eigenvalue weighted by Gasteiger charge is -2.34. The highest BCUT2D eigenvalue weighted by Gasteiger charge is 2.18. The summed E-state index contributed by atoms with van der Waals surface area (Å²) in [6.45, 7) is 14.8. The number of piperazine rings is 1. The zero-order chi connectivity index (χ0) is 19.4. The van der Waals surface area contributed by atoms with Gasteiger partial charge >= 0.3 is 11.9 Å². The van der Waals surface area contributed by atoms with Crippen molar-refractivity contribution < 1.29 is 19.1 Å². The molecule has 0 aliphatic carbocycles. The van der Waals surface area contributed by atoms with Gasteiger partial charge in [-0.05, 0) is 24.7 Å². The standard InChI is InChI=1S/C20H38N2O4/c1-17(2)7-15-25-19(23)5-9-21-11-13-22(14-12-21)10-6-20(24)26-16-8-18(3)4/h17-18H,5-16H2,1-4H3. The van der Waals surface area contributed by atoms with Gasteiger partial charge < -0.3 is 19.3 Å². The Bertz CT molecular complexity index is 367. The number of rotatable bonds is 12. The van der Waals surface area contributed by atoms with E-state index in [4.69, 9.17) is 9.47 Å². The molecular weight excluding hydrogens is 332 g/mol. The second-order valence-electron chi connectivity index (χ2n) is 7.99. The van der Waals surface area contributed by atoms with Crippen LogP contribution in [-0.2, 0) is 19.1 Å². The van der Waals surface area contributed by atoms with Gasteiger partial charge in [-0.25, -0.2) is 0 Å². The molecular formula is C20H38N2O4. The molecule has 0 spiro atoms. The van der Waals surface area contributed by atoms with Gasteiger partial charge in [0.1, 0.15) is 0 Å². The van der Waals surface area contributed by atoms with Gasteiger partial charge in [-0.15, -0.1) is 0 Å². The molecule has 0 atom stereocenters. The Morgan fingerprint density at radius 3 is 1.38 bits per heavy atom. The second-order valence-corrected chi connectivity index (χ2v) is 7.99. The van der Waals surface area contributed by atoms with Crippen LogP contribution in [0.2, 0.25) is 0 Å². The summed E-state index contributed by atoms with van der Waals surface area (Å²) in [5.41, 5.74) is 0. The van der Waals surface area contributed by atoms with Crippen molar-refractivity contribution in [2.45, 2.75) is 53.4 Å². The fourth-order valence-corrected chi connectivity index (χ4v) is 2.70. The fourth-order valence-electron chi connectivity index (χ4n) is 2.70. The number of esters is 2. The SMILES string of the molecule is CC(C)CCOC(=O)CCN1CCN(CCC(=O)OCCC(C)C)CC1. The van der Waals surface area contributed by atoms with E-state index in [-0.39, 0.29) is 11.9 Å². The Labute approximate surface area is 159 Å². The van der Waals surface area contributed by atoms with Crippen LogP contribution in [-0.4, -0.2) is 74.2 Å². The van der Waals surface area contributed by atoms with Gasteiger partial charge in [0.15, 0.2) is 0 Å². The summed E-state index contributed by atoms with van der Waals surface area (Å²) in [7, 11) is 0. The van der Waals surface area contributed by atoms with E-state index in [1.54, 1.807) is 0 Å². The van der Waals surface area contributed by atoms with Gasteiger partial charge in [0, 0.05) is 39.3 Å². The molecule has 1 fully saturated rings. The highest BCUT2D eigenvalue weighted by molar-refractivity contribution is 5.69. The highest BCUT2D eigenvalue weighted by atomic mass is 16.5. The van der Waals surface area contributed by atoms with Gasteiger partial charge in [0.2, 0.25) is 0 Å². The average Bonchev–Trinajstić information content (AvgIpc) is 2.58. The zero-order valence-corrected chi connectivity index (χ0v) is 17.2. The predicted molar refractivity (Wildman–Crippen MR) is 103 cm³/mol. The maximum absolute atomic E-state index is 11.7. The third-order valence-corrected chi connectivity index (χ3v) is 4.65. The van der Waals surface area contributed by atoms with Gasteiger partial charge in [0.05, 0.1) is 26.1 Å². The predicted octanol–water partition coefficient (Wildman–Crippen LogP) is 2.56. The summed E-state index contributed by atoms with van der Waals surface area (Å²) in [5, 5.41) is 0. The third kappa shape index (κ3) is 11.5. The molecule has 6 heteroatoms. The second kappa shape index (κ2) is 13.1. The fraction of sp³-hybridized carbons (Fsp3) is 0.900. The molecule has 152 valence electrons. The van der Waals surface area contributed by atoms with Crippen LogP contribution < -0.4 is 0 Å². The number of ether oxygens (including phenoxy) is 2. The van der Waals surface area contributed by atoms with Crippen molar-refractivity contribution in [3.8, 4) is 0 Å². The van der Waals surface area contributed by atoms with Crippen molar-refractivity contribution in [1.82, 2.24) is 9.80 Å². The van der Waals surface area contributed by atoms with E-state index < -0.39 is 0 Å². The van der Waals surface area contributed by atoms with E-state index in [2.05, 4.69) is 37.5 Å². The quantitative estimate of drug-likeness (QED) is 0.492. The number of carbonyl (C=O) groups excluding carboxylic acids is 2. The summed E-state index contributed by atoms with van der Waals surface area (Å²) < 4.78 is 10.5. The minimum Gasteiger partial charge on any atom is -0.466 e. The van der Waals surface area contributed by atoms with E-state index in [1.807, 2.05) is 0 Å². The Morgan fingerprint density at radius 2 is 1.08 bits per heavy atom. The van der Waals surface area contributed by atoms with Crippen molar-refractivity contribution in [3.05, 3.63) is 0 Å². The molecule has 0 saturated carbocycles. The number of carbonyl (C=O) groups is 2. The van der Waals surface area contributed by atoms with Crippen molar-refractivity contribution in [3.63, 3.8) is 0 Å². The zero-order valence-electron chi connectivity index (χ0n) is 17.2. The van der Waals surface area contributed by atoms with E-state index >= 15 is 0 Å². The van der Waals surface area contributed by atoms with E-state index in [1.165, 1.54) is 0 Å². The van der Waals surface area contributed by atoms with Crippen molar-refractivity contribution in [2.24, 2.45) is 11.8 Å². The maximum Gasteiger partial charge on any atom is 0.307 e. The molecule has 0 unspecified atom stereocenters. The molecule has 0 N–H and O–H groups in total. The number of hydrogen-bond acceptors (Lipinski definition) is 6. The van der Waals surface area contributed by atoms with E-state index in [0.29, 0.717) is 37.9 Å². The van der Waals surface area contributed by atoms with Crippen LogP contribution in [0.15, 0.2) is 0 Å². The molecule has 1 rings (SSSR count). The maximum atomic E-state index is 11.7. The van der Waals surface area contributed by atoms with Crippen LogP contribution in [0.25, 0.3) is 0 Å². The molecule has 1 aliphatic heterocycles.